The second-order valence-corrected chi connectivity index (χ2v) is 7.54. The molecule has 146 valence electrons. The molecule has 0 aliphatic carbocycles. The number of anilines is 1. The highest BCUT2D eigenvalue weighted by Crippen LogP contribution is 2.33. The fourth-order valence-electron chi connectivity index (χ4n) is 3.89. The number of carbonyl (C=O) groups excluding carboxylic acids is 2. The Hall–Kier alpha value is -2.73. The summed E-state index contributed by atoms with van der Waals surface area (Å²) in [6.45, 7) is 3.24. The average Bonchev–Trinajstić information content (AvgIpc) is 2.73. The molecule has 2 heterocycles. The topological polar surface area (TPSA) is 49.9 Å². The van der Waals surface area contributed by atoms with Crippen LogP contribution in [0.4, 0.5) is 10.1 Å². The second-order valence-electron chi connectivity index (χ2n) is 7.54. The first-order chi connectivity index (χ1) is 13.5. The number of nitrogens with zero attached hydrogens (tertiary/aromatic N) is 2. The van der Waals surface area contributed by atoms with Crippen LogP contribution in [0.25, 0.3) is 0 Å². The molecule has 2 fully saturated rings. The van der Waals surface area contributed by atoms with Crippen molar-refractivity contribution in [3.05, 3.63) is 65.5 Å². The fourth-order valence-corrected chi connectivity index (χ4v) is 3.89. The molecule has 28 heavy (non-hydrogen) atoms. The van der Waals surface area contributed by atoms with Gasteiger partial charge in [0.1, 0.15) is 12.4 Å². The molecule has 2 aromatic carbocycles. The zero-order valence-electron chi connectivity index (χ0n) is 15.9. The van der Waals surface area contributed by atoms with Crippen LogP contribution in [0.1, 0.15) is 28.8 Å². The van der Waals surface area contributed by atoms with E-state index in [1.807, 2.05) is 30.3 Å². The molecule has 0 unspecified atom stereocenters. The van der Waals surface area contributed by atoms with Crippen molar-refractivity contribution in [1.82, 2.24) is 4.90 Å². The van der Waals surface area contributed by atoms with Gasteiger partial charge in [-0.3, -0.25) is 9.59 Å². The monoisotopic (exact) mass is 382 g/mol. The number of halogens is 1. The molecular formula is C22H23FN2O3. The van der Waals surface area contributed by atoms with Crippen molar-refractivity contribution in [2.45, 2.75) is 25.4 Å². The number of hydrogen-bond donors (Lipinski definition) is 0. The Labute approximate surface area is 163 Å². The number of aryl methyl sites for hydroxylation is 1. The van der Waals surface area contributed by atoms with Crippen LogP contribution in [0.5, 0.6) is 0 Å². The Balaban J connectivity index is 1.45. The number of rotatable bonds is 2. The molecule has 0 saturated carbocycles. The van der Waals surface area contributed by atoms with Gasteiger partial charge in [0.05, 0.1) is 12.1 Å². The molecule has 6 heteroatoms. The molecule has 2 saturated heterocycles. The number of morpholine rings is 1. The Morgan fingerprint density at radius 3 is 2.50 bits per heavy atom. The molecule has 5 nitrogen and oxygen atoms in total. The minimum absolute atomic E-state index is 0.0476. The van der Waals surface area contributed by atoms with Gasteiger partial charge < -0.3 is 14.5 Å². The standard InChI is InChI=1S/C22H23FN2O3/c1-16-7-8-17(13-19(16)23)21(27)24-11-9-22(10-12-24)15-25(20(26)14-28-22)18-5-3-2-4-6-18/h2-8,13H,9-12,14-15H2,1H3. The fraction of sp³-hybridized carbons (Fsp3) is 0.364. The van der Waals surface area contributed by atoms with Crippen LogP contribution in [0.2, 0.25) is 0 Å². The van der Waals surface area contributed by atoms with E-state index < -0.39 is 5.60 Å². The van der Waals surface area contributed by atoms with Crippen molar-refractivity contribution in [3.8, 4) is 0 Å². The molecular weight excluding hydrogens is 359 g/mol. The maximum absolute atomic E-state index is 13.8. The number of likely N-dealkylation sites (tertiary alicyclic amines) is 1. The highest BCUT2D eigenvalue weighted by Gasteiger charge is 2.43. The number of piperidine rings is 1. The Kier molecular flexibility index (Phi) is 4.89. The maximum atomic E-state index is 13.8. The highest BCUT2D eigenvalue weighted by molar-refractivity contribution is 5.95. The van der Waals surface area contributed by atoms with Crippen molar-refractivity contribution in [1.29, 1.82) is 0 Å². The Bertz CT molecular complexity index is 892. The number of ether oxygens (including phenoxy) is 1. The van der Waals surface area contributed by atoms with Gasteiger partial charge in [-0.05, 0) is 49.6 Å². The molecule has 0 bridgehead atoms. The molecule has 0 aromatic heterocycles. The molecule has 2 aromatic rings. The minimum Gasteiger partial charge on any atom is -0.363 e. The van der Waals surface area contributed by atoms with Gasteiger partial charge in [-0.15, -0.1) is 0 Å². The van der Waals surface area contributed by atoms with Gasteiger partial charge in [0.15, 0.2) is 0 Å². The number of amides is 2. The van der Waals surface area contributed by atoms with Gasteiger partial charge in [-0.2, -0.15) is 0 Å². The van der Waals surface area contributed by atoms with E-state index in [1.165, 1.54) is 6.07 Å². The maximum Gasteiger partial charge on any atom is 0.253 e. The summed E-state index contributed by atoms with van der Waals surface area (Å²) in [6, 6.07) is 14.2. The third-order valence-electron chi connectivity index (χ3n) is 5.70. The lowest BCUT2D eigenvalue weighted by Crippen LogP contribution is -2.59. The predicted molar refractivity (Wildman–Crippen MR) is 104 cm³/mol. The van der Waals surface area contributed by atoms with Gasteiger partial charge in [-0.25, -0.2) is 4.39 Å². The van der Waals surface area contributed by atoms with Gasteiger partial charge in [0.2, 0.25) is 0 Å². The van der Waals surface area contributed by atoms with Crippen molar-refractivity contribution in [2.24, 2.45) is 0 Å². The average molecular weight is 382 g/mol. The van der Waals surface area contributed by atoms with Crippen LogP contribution in [-0.4, -0.2) is 48.6 Å². The third kappa shape index (κ3) is 3.52. The van der Waals surface area contributed by atoms with E-state index in [0.717, 1.165) is 5.69 Å². The normalized spacial score (nSPS) is 19.1. The predicted octanol–water partition coefficient (Wildman–Crippen LogP) is 3.17. The molecule has 2 aliphatic rings. The Morgan fingerprint density at radius 1 is 1.11 bits per heavy atom. The van der Waals surface area contributed by atoms with E-state index >= 15 is 0 Å². The van der Waals surface area contributed by atoms with E-state index in [9.17, 15) is 14.0 Å². The van der Waals surface area contributed by atoms with E-state index in [0.29, 0.717) is 43.6 Å². The quantitative estimate of drug-likeness (QED) is 0.802. The summed E-state index contributed by atoms with van der Waals surface area (Å²) in [5, 5.41) is 0. The largest absolute Gasteiger partial charge is 0.363 e. The van der Waals surface area contributed by atoms with Gasteiger partial charge in [-0.1, -0.05) is 24.3 Å². The summed E-state index contributed by atoms with van der Waals surface area (Å²) in [5.74, 6) is -0.585. The van der Waals surface area contributed by atoms with Crippen LogP contribution in [0.3, 0.4) is 0 Å². The minimum atomic E-state index is -0.445. The van der Waals surface area contributed by atoms with E-state index in [1.54, 1.807) is 28.9 Å². The van der Waals surface area contributed by atoms with Crippen molar-refractivity contribution in [3.63, 3.8) is 0 Å². The molecule has 0 atom stereocenters. The molecule has 0 radical (unpaired) electrons. The smallest absolute Gasteiger partial charge is 0.253 e. The van der Waals surface area contributed by atoms with Gasteiger partial charge in [0, 0.05) is 24.3 Å². The van der Waals surface area contributed by atoms with E-state index in [2.05, 4.69) is 0 Å². The number of hydrogen-bond acceptors (Lipinski definition) is 3. The highest BCUT2D eigenvalue weighted by atomic mass is 19.1. The molecule has 2 amide bonds. The van der Waals surface area contributed by atoms with Crippen LogP contribution in [-0.2, 0) is 9.53 Å². The lowest BCUT2D eigenvalue weighted by atomic mass is 9.88. The number of carbonyl (C=O) groups is 2. The van der Waals surface area contributed by atoms with Gasteiger partial charge >= 0.3 is 0 Å². The molecule has 2 aliphatic heterocycles. The lowest BCUT2D eigenvalue weighted by Gasteiger charge is -2.47. The van der Waals surface area contributed by atoms with Crippen molar-refractivity contribution < 1.29 is 18.7 Å². The van der Waals surface area contributed by atoms with E-state index in [4.69, 9.17) is 4.74 Å². The summed E-state index contributed by atoms with van der Waals surface area (Å²) in [6.07, 6.45) is 1.29. The summed E-state index contributed by atoms with van der Waals surface area (Å²) in [5.41, 5.74) is 1.31. The van der Waals surface area contributed by atoms with Crippen molar-refractivity contribution >= 4 is 17.5 Å². The van der Waals surface area contributed by atoms with Crippen molar-refractivity contribution in [2.75, 3.05) is 31.1 Å². The van der Waals surface area contributed by atoms with Crippen LogP contribution in [0.15, 0.2) is 48.5 Å². The van der Waals surface area contributed by atoms with E-state index in [-0.39, 0.29) is 24.2 Å². The number of benzene rings is 2. The lowest BCUT2D eigenvalue weighted by molar-refractivity contribution is -0.143. The van der Waals surface area contributed by atoms with Crippen LogP contribution in [0, 0.1) is 12.7 Å². The molecule has 4 rings (SSSR count). The SMILES string of the molecule is Cc1ccc(C(=O)N2CCC3(CC2)CN(c2ccccc2)C(=O)CO3)cc1F. The summed E-state index contributed by atoms with van der Waals surface area (Å²) >= 11 is 0. The zero-order chi connectivity index (χ0) is 19.7. The third-order valence-corrected chi connectivity index (χ3v) is 5.70. The summed E-state index contributed by atoms with van der Waals surface area (Å²) in [7, 11) is 0. The first-order valence-electron chi connectivity index (χ1n) is 9.52. The molecule has 1 spiro atoms. The van der Waals surface area contributed by atoms with Crippen LogP contribution < -0.4 is 4.90 Å². The first-order valence-corrected chi connectivity index (χ1v) is 9.52. The van der Waals surface area contributed by atoms with Crippen LogP contribution >= 0.6 is 0 Å². The van der Waals surface area contributed by atoms with Gasteiger partial charge in [0.25, 0.3) is 11.8 Å². The number of para-hydroxylation sites is 1. The second kappa shape index (κ2) is 7.36. The Morgan fingerprint density at radius 2 is 1.82 bits per heavy atom. The summed E-state index contributed by atoms with van der Waals surface area (Å²) in [4.78, 5) is 28.6. The summed E-state index contributed by atoms with van der Waals surface area (Å²) < 4.78 is 19.8. The zero-order valence-corrected chi connectivity index (χ0v) is 15.9. The molecule has 0 N–H and O–H groups in total. The first kappa shape index (κ1) is 18.6.